The van der Waals surface area contributed by atoms with Crippen molar-refractivity contribution in [3.63, 3.8) is 0 Å². The highest BCUT2D eigenvalue weighted by Crippen LogP contribution is 2.18. The van der Waals surface area contributed by atoms with Crippen LogP contribution in [0.2, 0.25) is 0 Å². The van der Waals surface area contributed by atoms with Crippen LogP contribution in [0.1, 0.15) is 10.4 Å². The minimum atomic E-state index is 0.126. The Hall–Kier alpha value is -2.99. The van der Waals surface area contributed by atoms with Gasteiger partial charge >= 0.3 is 0 Å². The number of nitrogens with two attached hydrogens (primary N) is 1. The smallest absolute Gasteiger partial charge is 0.236 e. The molecule has 2 heterocycles. The van der Waals surface area contributed by atoms with Crippen molar-refractivity contribution < 1.29 is 4.79 Å². The van der Waals surface area contributed by atoms with Crippen LogP contribution < -0.4 is 5.73 Å². The molecule has 2 aromatic carbocycles. The van der Waals surface area contributed by atoms with E-state index in [1.807, 2.05) is 77.5 Å². The van der Waals surface area contributed by atoms with E-state index >= 15 is 0 Å². The third-order valence-electron chi connectivity index (χ3n) is 3.63. The first-order valence-corrected chi connectivity index (χ1v) is 9.10. The van der Waals surface area contributed by atoms with Gasteiger partial charge in [-0.25, -0.2) is 4.98 Å². The molecule has 2 aromatic heterocycles. The number of nitrogen functional groups attached to an aromatic ring is 1. The Bertz CT molecular complexity index is 1000. The van der Waals surface area contributed by atoms with E-state index in [4.69, 9.17) is 5.73 Å². The fraction of sp³-hybridized carbons (Fsp3) is 0.0500. The summed E-state index contributed by atoms with van der Waals surface area (Å²) in [6.07, 6.45) is 3.80. The maximum absolute atomic E-state index is 11.0. The van der Waals surface area contributed by atoms with Crippen LogP contribution in [-0.4, -0.2) is 25.5 Å². The zero-order valence-electron chi connectivity index (χ0n) is 13.9. The molecule has 0 radical (unpaired) electrons. The van der Waals surface area contributed by atoms with E-state index in [2.05, 4.69) is 25.9 Å². The molecule has 0 atom stereocenters. The maximum atomic E-state index is 11.0. The molecule has 0 saturated heterocycles. The fourth-order valence-electron chi connectivity index (χ4n) is 2.33. The number of imidazole rings is 1. The van der Waals surface area contributed by atoms with Gasteiger partial charge < -0.3 is 5.73 Å². The summed E-state index contributed by atoms with van der Waals surface area (Å²) in [6.45, 7) is 0. The van der Waals surface area contributed by atoms with Crippen molar-refractivity contribution in [1.82, 2.24) is 14.4 Å². The quantitative estimate of drug-likeness (QED) is 0.406. The second-order valence-electron chi connectivity index (χ2n) is 5.47. The number of alkyl halides is 1. The number of halogens is 1. The second-order valence-corrected chi connectivity index (χ2v) is 6.04. The summed E-state index contributed by atoms with van der Waals surface area (Å²) < 4.78 is 1.86. The van der Waals surface area contributed by atoms with Crippen LogP contribution >= 0.6 is 15.9 Å². The van der Waals surface area contributed by atoms with Crippen LogP contribution in [0.3, 0.4) is 0 Å². The Morgan fingerprint density at radius 1 is 0.962 bits per heavy atom. The number of hydrogen-bond acceptors (Lipinski definition) is 4. The van der Waals surface area contributed by atoms with Gasteiger partial charge in [-0.1, -0.05) is 76.6 Å². The van der Waals surface area contributed by atoms with E-state index in [1.165, 1.54) is 0 Å². The van der Waals surface area contributed by atoms with Crippen molar-refractivity contribution in [1.29, 1.82) is 0 Å². The number of aromatic nitrogens is 3. The predicted octanol–water partition coefficient (Wildman–Crippen LogP) is 4.24. The minimum absolute atomic E-state index is 0.126. The van der Waals surface area contributed by atoms with Crippen LogP contribution in [0, 0.1) is 0 Å². The fourth-order valence-corrected chi connectivity index (χ4v) is 2.66. The molecule has 0 spiro atoms. The van der Waals surface area contributed by atoms with Crippen LogP contribution in [0.5, 0.6) is 0 Å². The number of rotatable bonds is 3. The summed E-state index contributed by atoms with van der Waals surface area (Å²) in [7, 11) is 0. The van der Waals surface area contributed by atoms with Crippen molar-refractivity contribution in [2.45, 2.75) is 0 Å². The molecule has 0 unspecified atom stereocenters. The molecule has 0 aliphatic rings. The lowest BCUT2D eigenvalue weighted by Crippen LogP contribution is -1.98. The normalized spacial score (nSPS) is 10.2. The highest BCUT2D eigenvalue weighted by atomic mass is 79.9. The number of benzene rings is 2. The molecule has 6 heteroatoms. The number of hydrogen-bond donors (Lipinski definition) is 1. The zero-order chi connectivity index (χ0) is 18.4. The number of carbonyl (C=O) groups is 1. The summed E-state index contributed by atoms with van der Waals surface area (Å²) in [5, 5.41) is 0.400. The van der Waals surface area contributed by atoms with Gasteiger partial charge in [-0.05, 0) is 6.07 Å². The first kappa shape index (κ1) is 17.8. The minimum Gasteiger partial charge on any atom is -0.384 e. The van der Waals surface area contributed by atoms with E-state index < -0.39 is 0 Å². The van der Waals surface area contributed by atoms with E-state index in [0.29, 0.717) is 16.9 Å². The number of carbonyl (C=O) groups excluding carboxylic acids is 1. The summed E-state index contributed by atoms with van der Waals surface area (Å²) in [5.41, 5.74) is 8.35. The third-order valence-corrected chi connectivity index (χ3v) is 4.14. The van der Waals surface area contributed by atoms with Crippen LogP contribution in [-0.2, 0) is 0 Å². The molecule has 0 aliphatic heterocycles. The zero-order valence-corrected chi connectivity index (χ0v) is 15.5. The average molecular weight is 409 g/mol. The van der Waals surface area contributed by atoms with Gasteiger partial charge in [0.2, 0.25) is 5.78 Å². The van der Waals surface area contributed by atoms with Gasteiger partial charge in [0.05, 0.1) is 11.0 Å². The van der Waals surface area contributed by atoms with E-state index in [9.17, 15) is 4.79 Å². The summed E-state index contributed by atoms with van der Waals surface area (Å²) in [5.74, 6) is 1.23. The molecular weight excluding hydrogens is 392 g/mol. The summed E-state index contributed by atoms with van der Waals surface area (Å²) >= 11 is 3.10. The first-order valence-electron chi connectivity index (χ1n) is 7.98. The van der Waals surface area contributed by atoms with Gasteiger partial charge in [-0.15, -0.1) is 0 Å². The number of ketones is 1. The van der Waals surface area contributed by atoms with Gasteiger partial charge in [-0.3, -0.25) is 9.20 Å². The van der Waals surface area contributed by atoms with Gasteiger partial charge in [0.1, 0.15) is 5.82 Å². The lowest BCUT2D eigenvalue weighted by molar-refractivity contribution is 0.102. The van der Waals surface area contributed by atoms with Crippen LogP contribution in [0.25, 0.3) is 17.0 Å². The third kappa shape index (κ3) is 4.34. The van der Waals surface area contributed by atoms with Crippen molar-refractivity contribution in [3.05, 3.63) is 84.7 Å². The van der Waals surface area contributed by atoms with Crippen molar-refractivity contribution in [2.24, 2.45) is 0 Å². The van der Waals surface area contributed by atoms with E-state index in [0.717, 1.165) is 16.8 Å². The Kier molecular flexibility index (Phi) is 5.76. The molecule has 5 nitrogen and oxygen atoms in total. The van der Waals surface area contributed by atoms with Crippen LogP contribution in [0.15, 0.2) is 79.1 Å². The molecule has 0 amide bonds. The highest BCUT2D eigenvalue weighted by molar-refractivity contribution is 9.09. The summed E-state index contributed by atoms with van der Waals surface area (Å²) in [4.78, 5) is 19.5. The Labute approximate surface area is 159 Å². The number of Topliss-reactive ketones (excluding diaryl/α,β-unsaturated/α-hetero) is 1. The van der Waals surface area contributed by atoms with E-state index in [1.54, 1.807) is 6.07 Å². The first-order chi connectivity index (χ1) is 12.7. The monoisotopic (exact) mass is 408 g/mol. The molecule has 0 fully saturated rings. The standard InChI is InChI=1S/C12H10N4.C8H7BrO/c13-11-6-7-16-8-10(14-12(16)15-11)9-4-2-1-3-5-9;9-6-8(10)7-4-2-1-3-5-7/h1-8H,(H2,13,14,15);1-5H,6H2. The lowest BCUT2D eigenvalue weighted by Gasteiger charge is -1.92. The molecule has 4 aromatic rings. The molecule has 0 aliphatic carbocycles. The predicted molar refractivity (Wildman–Crippen MR) is 107 cm³/mol. The number of fused-ring (bicyclic) bond motifs is 1. The van der Waals surface area contributed by atoms with Crippen LogP contribution in [0.4, 0.5) is 5.82 Å². The average Bonchev–Trinajstić information content (AvgIpc) is 3.12. The SMILES string of the molecule is Nc1ccn2cc(-c3ccccc3)nc2n1.O=C(CBr)c1ccccc1. The molecular formula is C20H17BrN4O. The Morgan fingerprint density at radius 2 is 1.62 bits per heavy atom. The topological polar surface area (TPSA) is 73.3 Å². The maximum Gasteiger partial charge on any atom is 0.236 e. The molecule has 26 heavy (non-hydrogen) atoms. The van der Waals surface area contributed by atoms with Gasteiger partial charge in [0, 0.05) is 23.5 Å². The largest absolute Gasteiger partial charge is 0.384 e. The molecule has 130 valence electrons. The Balaban J connectivity index is 0.000000170. The highest BCUT2D eigenvalue weighted by Gasteiger charge is 2.04. The van der Waals surface area contributed by atoms with Crippen molar-refractivity contribution in [2.75, 3.05) is 11.1 Å². The van der Waals surface area contributed by atoms with E-state index in [-0.39, 0.29) is 5.78 Å². The van der Waals surface area contributed by atoms with Gasteiger partial charge in [0.15, 0.2) is 5.78 Å². The molecule has 0 bridgehead atoms. The van der Waals surface area contributed by atoms with Gasteiger partial charge in [0.25, 0.3) is 0 Å². The molecule has 4 rings (SSSR count). The van der Waals surface area contributed by atoms with Gasteiger partial charge in [-0.2, -0.15) is 4.98 Å². The van der Waals surface area contributed by atoms with Crippen molar-refractivity contribution in [3.8, 4) is 11.3 Å². The molecule has 0 saturated carbocycles. The second kappa shape index (κ2) is 8.40. The summed E-state index contributed by atoms with van der Waals surface area (Å²) in [6, 6.07) is 21.0. The lowest BCUT2D eigenvalue weighted by atomic mass is 10.2. The Morgan fingerprint density at radius 3 is 2.27 bits per heavy atom. The molecule has 2 N–H and O–H groups in total. The number of nitrogens with zero attached hydrogens (tertiary/aromatic N) is 3. The van der Waals surface area contributed by atoms with Crippen molar-refractivity contribution >= 4 is 33.3 Å². The number of anilines is 1.